The molecule has 0 unspecified atom stereocenters. The molecule has 0 aliphatic heterocycles. The van der Waals surface area contributed by atoms with Crippen LogP contribution >= 0.6 is 11.3 Å². The Morgan fingerprint density at radius 3 is 2.78 bits per heavy atom. The molecule has 18 heavy (non-hydrogen) atoms. The van der Waals surface area contributed by atoms with Crippen molar-refractivity contribution in [1.29, 1.82) is 0 Å². The van der Waals surface area contributed by atoms with E-state index >= 15 is 0 Å². The number of hydrogen-bond acceptors (Lipinski definition) is 5. The van der Waals surface area contributed by atoms with Crippen molar-refractivity contribution in [3.8, 4) is 0 Å². The van der Waals surface area contributed by atoms with Gasteiger partial charge in [-0.05, 0) is 19.8 Å². The van der Waals surface area contributed by atoms with E-state index in [9.17, 15) is 4.79 Å². The van der Waals surface area contributed by atoms with E-state index in [0.717, 1.165) is 23.2 Å². The minimum Gasteiger partial charge on any atom is -0.375 e. The molecule has 2 heterocycles. The fourth-order valence-corrected chi connectivity index (χ4v) is 3.43. The van der Waals surface area contributed by atoms with Gasteiger partial charge in [-0.2, -0.15) is 5.10 Å². The third-order valence-electron chi connectivity index (χ3n) is 3.56. The summed E-state index contributed by atoms with van der Waals surface area (Å²) in [7, 11) is 0. The number of anilines is 1. The minimum atomic E-state index is -0.0875. The summed E-state index contributed by atoms with van der Waals surface area (Å²) in [5.74, 6) is 0. The number of nitrogen functional groups attached to an aromatic ring is 1. The zero-order valence-corrected chi connectivity index (χ0v) is 11.2. The lowest BCUT2D eigenvalue weighted by molar-refractivity contribution is 0.318. The van der Waals surface area contributed by atoms with Crippen LogP contribution in [-0.2, 0) is 0 Å². The second-order valence-electron chi connectivity index (χ2n) is 4.86. The zero-order chi connectivity index (χ0) is 12.7. The first kappa shape index (κ1) is 11.6. The summed E-state index contributed by atoms with van der Waals surface area (Å²) in [5, 5.41) is 4.90. The first-order valence-electron chi connectivity index (χ1n) is 6.32. The van der Waals surface area contributed by atoms with E-state index in [1.54, 1.807) is 4.68 Å². The molecule has 0 bridgehead atoms. The number of rotatable bonds is 1. The number of fused-ring (bicyclic) bond motifs is 1. The maximum Gasteiger partial charge on any atom is 0.294 e. The third-order valence-corrected chi connectivity index (χ3v) is 4.55. The van der Waals surface area contributed by atoms with Crippen molar-refractivity contribution in [2.24, 2.45) is 0 Å². The molecule has 0 amide bonds. The molecule has 1 aliphatic rings. The molecule has 3 rings (SSSR count). The van der Waals surface area contributed by atoms with Crippen molar-refractivity contribution in [3.05, 3.63) is 16.0 Å². The van der Waals surface area contributed by atoms with E-state index in [1.165, 1.54) is 30.6 Å². The van der Waals surface area contributed by atoms with Gasteiger partial charge < -0.3 is 5.73 Å². The summed E-state index contributed by atoms with van der Waals surface area (Å²) >= 11 is 1.34. The molecular formula is C12H16N4OS. The molecule has 0 saturated heterocycles. The van der Waals surface area contributed by atoms with Crippen molar-refractivity contribution >= 4 is 26.7 Å². The van der Waals surface area contributed by atoms with Crippen LogP contribution in [-0.4, -0.2) is 14.8 Å². The summed E-state index contributed by atoms with van der Waals surface area (Å²) in [6.07, 6.45) is 5.69. The second-order valence-corrected chi connectivity index (χ2v) is 5.89. The molecule has 1 fully saturated rings. The summed E-state index contributed by atoms with van der Waals surface area (Å²) in [5.41, 5.74) is 6.93. The summed E-state index contributed by atoms with van der Waals surface area (Å²) in [4.78, 5) is 16.5. The number of nitrogens with two attached hydrogens (primary N) is 1. The van der Waals surface area contributed by atoms with Crippen molar-refractivity contribution < 1.29 is 0 Å². The van der Waals surface area contributed by atoms with Gasteiger partial charge in [-0.1, -0.05) is 30.6 Å². The van der Waals surface area contributed by atoms with E-state index in [4.69, 9.17) is 5.73 Å². The highest BCUT2D eigenvalue weighted by atomic mass is 32.1. The van der Waals surface area contributed by atoms with Crippen molar-refractivity contribution in [1.82, 2.24) is 14.8 Å². The second kappa shape index (κ2) is 4.35. The predicted molar refractivity (Wildman–Crippen MR) is 72.9 cm³/mol. The van der Waals surface area contributed by atoms with Gasteiger partial charge in [0.15, 0.2) is 10.6 Å². The standard InChI is InChI=1S/C12H16N4OS/c1-7-10-9(14-12(13)18-10)11(17)16(15-7)8-5-3-2-4-6-8/h8H,2-6H2,1H3,(H2,13,14). The number of aryl methyl sites for hydroxylation is 1. The van der Waals surface area contributed by atoms with Crippen molar-refractivity contribution in [2.45, 2.75) is 45.1 Å². The van der Waals surface area contributed by atoms with Crippen LogP contribution in [0.25, 0.3) is 10.2 Å². The van der Waals surface area contributed by atoms with E-state index in [0.29, 0.717) is 10.6 Å². The van der Waals surface area contributed by atoms with Gasteiger partial charge in [0.1, 0.15) is 0 Å². The van der Waals surface area contributed by atoms with Gasteiger partial charge >= 0.3 is 0 Å². The molecule has 1 aliphatic carbocycles. The molecule has 2 aromatic rings. The molecule has 2 aromatic heterocycles. The topological polar surface area (TPSA) is 73.8 Å². The first-order valence-corrected chi connectivity index (χ1v) is 7.14. The Morgan fingerprint density at radius 2 is 2.06 bits per heavy atom. The molecule has 1 saturated carbocycles. The smallest absolute Gasteiger partial charge is 0.294 e. The Hall–Kier alpha value is -1.43. The highest BCUT2D eigenvalue weighted by molar-refractivity contribution is 7.22. The average Bonchev–Trinajstić information content (AvgIpc) is 2.78. The van der Waals surface area contributed by atoms with Crippen LogP contribution in [0.5, 0.6) is 0 Å². The van der Waals surface area contributed by atoms with E-state index in [1.807, 2.05) is 6.92 Å². The van der Waals surface area contributed by atoms with Crippen LogP contribution in [0.1, 0.15) is 43.8 Å². The highest BCUT2D eigenvalue weighted by Gasteiger charge is 2.20. The van der Waals surface area contributed by atoms with Crippen LogP contribution in [0.3, 0.4) is 0 Å². The van der Waals surface area contributed by atoms with Gasteiger partial charge in [-0.25, -0.2) is 9.67 Å². The summed E-state index contributed by atoms with van der Waals surface area (Å²) in [6, 6.07) is 0.234. The van der Waals surface area contributed by atoms with E-state index < -0.39 is 0 Å². The minimum absolute atomic E-state index is 0.0875. The Kier molecular flexibility index (Phi) is 2.81. The molecule has 0 radical (unpaired) electrons. The van der Waals surface area contributed by atoms with Crippen LogP contribution in [0.2, 0.25) is 0 Å². The SMILES string of the molecule is Cc1nn(C2CCCCC2)c(=O)c2nc(N)sc12. The molecule has 0 atom stereocenters. The maximum absolute atomic E-state index is 12.4. The quantitative estimate of drug-likeness (QED) is 0.857. The molecule has 0 aromatic carbocycles. The van der Waals surface area contributed by atoms with Crippen molar-refractivity contribution in [2.75, 3.05) is 5.73 Å². The largest absolute Gasteiger partial charge is 0.375 e. The van der Waals surface area contributed by atoms with Gasteiger partial charge in [-0.3, -0.25) is 4.79 Å². The van der Waals surface area contributed by atoms with Crippen LogP contribution in [0.15, 0.2) is 4.79 Å². The number of hydrogen-bond donors (Lipinski definition) is 1. The summed E-state index contributed by atoms with van der Waals surface area (Å²) in [6.45, 7) is 1.92. The van der Waals surface area contributed by atoms with Crippen LogP contribution in [0, 0.1) is 6.92 Å². The van der Waals surface area contributed by atoms with Crippen molar-refractivity contribution in [3.63, 3.8) is 0 Å². The van der Waals surface area contributed by atoms with E-state index in [2.05, 4.69) is 10.1 Å². The monoisotopic (exact) mass is 264 g/mol. The lowest BCUT2D eigenvalue weighted by Crippen LogP contribution is -2.29. The van der Waals surface area contributed by atoms with Crippen LogP contribution in [0.4, 0.5) is 5.13 Å². The van der Waals surface area contributed by atoms with Gasteiger partial charge in [-0.15, -0.1) is 0 Å². The molecule has 6 heteroatoms. The first-order chi connectivity index (χ1) is 8.66. The molecule has 0 spiro atoms. The molecule has 5 nitrogen and oxygen atoms in total. The lowest BCUT2D eigenvalue weighted by atomic mass is 9.96. The predicted octanol–water partition coefficient (Wildman–Crippen LogP) is 2.25. The number of thiazole rings is 1. The molecular weight excluding hydrogens is 248 g/mol. The fraction of sp³-hybridized carbons (Fsp3) is 0.583. The van der Waals surface area contributed by atoms with Gasteiger partial charge in [0.25, 0.3) is 5.56 Å². The van der Waals surface area contributed by atoms with E-state index in [-0.39, 0.29) is 11.6 Å². The molecule has 2 N–H and O–H groups in total. The zero-order valence-electron chi connectivity index (χ0n) is 10.3. The average molecular weight is 264 g/mol. The number of aromatic nitrogens is 3. The molecule has 96 valence electrons. The summed E-state index contributed by atoms with van der Waals surface area (Å²) < 4.78 is 2.46. The lowest BCUT2D eigenvalue weighted by Gasteiger charge is -2.22. The van der Waals surface area contributed by atoms with Gasteiger partial charge in [0, 0.05) is 0 Å². The third kappa shape index (κ3) is 1.80. The Bertz CT molecular complexity index is 639. The van der Waals surface area contributed by atoms with Gasteiger partial charge in [0.2, 0.25) is 0 Å². The Morgan fingerprint density at radius 1 is 1.33 bits per heavy atom. The Labute approximate surface area is 109 Å². The normalized spacial score (nSPS) is 17.4. The highest BCUT2D eigenvalue weighted by Crippen LogP contribution is 2.28. The Balaban J connectivity index is 2.17. The van der Waals surface area contributed by atoms with Crippen LogP contribution < -0.4 is 11.3 Å². The maximum atomic E-state index is 12.4. The number of nitrogens with zero attached hydrogens (tertiary/aromatic N) is 3. The van der Waals surface area contributed by atoms with Gasteiger partial charge in [0.05, 0.1) is 16.4 Å². The fourth-order valence-electron chi connectivity index (χ4n) is 2.66.